The second kappa shape index (κ2) is 25.5. The van der Waals surface area contributed by atoms with Crippen molar-refractivity contribution in [3.8, 4) is 23.3 Å². The van der Waals surface area contributed by atoms with E-state index in [4.69, 9.17) is 28.4 Å². The lowest BCUT2D eigenvalue weighted by Gasteiger charge is -2.35. The van der Waals surface area contributed by atoms with Crippen LogP contribution in [0.2, 0.25) is 0 Å². The summed E-state index contributed by atoms with van der Waals surface area (Å²) < 4.78 is 192. The van der Waals surface area contributed by atoms with E-state index in [0.29, 0.717) is 94.0 Å². The Morgan fingerprint density at radius 1 is 0.524 bits per heavy atom. The first-order chi connectivity index (χ1) is 37.8. The molecule has 4 aromatic carbocycles. The van der Waals surface area contributed by atoms with Crippen molar-refractivity contribution in [3.05, 3.63) is 135 Å². The first-order valence-electron chi connectivity index (χ1n) is 26.9. The summed E-state index contributed by atoms with van der Waals surface area (Å²) in [5.74, 6) is 4.35. The molecule has 2 unspecified atom stereocenters. The molecule has 2 N–H and O–H groups in total. The quantitative estimate of drug-likeness (QED) is 0.0846. The maximum Gasteiger partial charge on any atom is 0.438 e. The first kappa shape index (κ1) is 67.5. The number of benzene rings is 4. The summed E-state index contributed by atoms with van der Waals surface area (Å²) in [6.45, 7) is 25.5. The number of hydrogen-bond acceptors (Lipinski definition) is 8. The molecule has 0 saturated carbocycles. The van der Waals surface area contributed by atoms with Gasteiger partial charge in [0.05, 0.1) is 37.6 Å². The van der Waals surface area contributed by atoms with E-state index in [1.807, 2.05) is 112 Å². The molecule has 2 aliphatic rings. The van der Waals surface area contributed by atoms with Gasteiger partial charge in [-0.3, -0.25) is 0 Å². The highest BCUT2D eigenvalue weighted by molar-refractivity contribution is 5.58. The fraction of sp³-hybridized carbons (Fsp3) is 0.548. The van der Waals surface area contributed by atoms with Crippen LogP contribution in [0.15, 0.2) is 78.9 Å². The molecule has 0 aliphatic carbocycles. The van der Waals surface area contributed by atoms with Crippen LogP contribution in [0.4, 0.5) is 52.7 Å². The van der Waals surface area contributed by atoms with Crippen molar-refractivity contribution in [1.82, 2.24) is 0 Å². The standard InChI is InChI=1S/C31H38F6O4.C31H36F6O4/c2*1-7-28(8-2,24-11-12-26(21(4)16-24)39-17-25-18-41-27(5,6)19-40-25)23-10-9-22(20(3)15-23)13-14-29(38,30(32,33)34)31(35,36)37/h9-16,25,38H,7-8,17-19H2,1-6H3;9-12,15-16,25,38H,7-8,17-19H2,1-6H3/b14-13+;. The number of alkyl halides is 12. The molecule has 4 aromatic rings. The largest absolute Gasteiger partial charge is 0.491 e. The predicted molar refractivity (Wildman–Crippen MR) is 288 cm³/mol. The molecule has 2 aliphatic heterocycles. The van der Waals surface area contributed by atoms with E-state index in [0.717, 1.165) is 39.3 Å². The van der Waals surface area contributed by atoms with Crippen LogP contribution in [0.3, 0.4) is 0 Å². The summed E-state index contributed by atoms with van der Waals surface area (Å²) in [7, 11) is 0. The topological polar surface area (TPSA) is 95.8 Å². The minimum absolute atomic E-state index is 0.0426. The number of aliphatic hydroxyl groups is 2. The summed E-state index contributed by atoms with van der Waals surface area (Å²) in [5, 5.41) is 18.8. The molecule has 0 aromatic heterocycles. The van der Waals surface area contributed by atoms with Crippen molar-refractivity contribution < 1.29 is 91.3 Å². The van der Waals surface area contributed by atoms with E-state index in [2.05, 4.69) is 0 Å². The van der Waals surface area contributed by atoms with Gasteiger partial charge in [-0.25, -0.2) is 0 Å². The van der Waals surface area contributed by atoms with E-state index < -0.39 is 46.7 Å². The number of ether oxygens (including phenoxy) is 6. The molecule has 82 heavy (non-hydrogen) atoms. The Kier molecular flexibility index (Phi) is 21.0. The molecule has 0 spiro atoms. The third-order valence-corrected chi connectivity index (χ3v) is 15.5. The molecular formula is C62H74F12O8. The van der Waals surface area contributed by atoms with Gasteiger partial charge in [-0.05, 0) is 161 Å². The zero-order chi connectivity index (χ0) is 61.7. The SMILES string of the molecule is CCC(CC)(c1ccc(/C=C/C(O)(C(F)(F)F)C(F)(F)F)c(C)c1)c1ccc(OCC2COC(C)(C)CO2)c(C)c1.CCC(CC)(c1ccc(C#CC(O)(C(F)(F)F)C(F)(F)F)c(C)c1)c1ccc(OCC2COC(C)(C)CO2)c(C)c1. The highest BCUT2D eigenvalue weighted by Gasteiger charge is 2.70. The average molecular weight is 1180 g/mol. The van der Waals surface area contributed by atoms with Gasteiger partial charge >= 0.3 is 30.3 Å². The maximum absolute atomic E-state index is 13.1. The van der Waals surface area contributed by atoms with Gasteiger partial charge in [-0.1, -0.05) is 94.3 Å². The van der Waals surface area contributed by atoms with Crippen LogP contribution in [0, 0.1) is 39.5 Å². The van der Waals surface area contributed by atoms with Crippen molar-refractivity contribution in [3.63, 3.8) is 0 Å². The van der Waals surface area contributed by atoms with Gasteiger partial charge in [-0.15, -0.1) is 0 Å². The van der Waals surface area contributed by atoms with Crippen LogP contribution in [0.5, 0.6) is 11.5 Å². The molecule has 8 nitrogen and oxygen atoms in total. The second-order valence-electron chi connectivity index (χ2n) is 22.3. The lowest BCUT2D eigenvalue weighted by atomic mass is 9.70. The van der Waals surface area contributed by atoms with Crippen molar-refractivity contribution in [2.45, 2.75) is 179 Å². The van der Waals surface area contributed by atoms with Gasteiger partial charge < -0.3 is 38.6 Å². The zero-order valence-electron chi connectivity index (χ0n) is 48.2. The van der Waals surface area contributed by atoms with E-state index in [1.54, 1.807) is 38.1 Å². The predicted octanol–water partition coefficient (Wildman–Crippen LogP) is 15.0. The van der Waals surface area contributed by atoms with Gasteiger partial charge in [0, 0.05) is 16.4 Å². The van der Waals surface area contributed by atoms with E-state index in [-0.39, 0.29) is 40.6 Å². The van der Waals surface area contributed by atoms with Gasteiger partial charge in [0.1, 0.15) is 36.9 Å². The van der Waals surface area contributed by atoms with E-state index in [9.17, 15) is 62.9 Å². The molecule has 2 fully saturated rings. The summed E-state index contributed by atoms with van der Waals surface area (Å²) in [6, 6.07) is 21.5. The molecule has 0 amide bonds. The Morgan fingerprint density at radius 3 is 1.21 bits per heavy atom. The Bertz CT molecular complexity index is 2850. The fourth-order valence-electron chi connectivity index (χ4n) is 9.98. The van der Waals surface area contributed by atoms with Gasteiger partial charge in [0.2, 0.25) is 0 Å². The van der Waals surface area contributed by atoms with E-state index >= 15 is 0 Å². The number of rotatable bonds is 16. The van der Waals surface area contributed by atoms with Crippen molar-refractivity contribution in [1.29, 1.82) is 0 Å². The lowest BCUT2D eigenvalue weighted by molar-refractivity contribution is -0.347. The average Bonchev–Trinajstić information content (AvgIpc) is 3.43. The number of aryl methyl sites for hydroxylation is 4. The van der Waals surface area contributed by atoms with E-state index in [1.165, 1.54) is 12.1 Å². The Morgan fingerprint density at radius 2 is 0.890 bits per heavy atom. The van der Waals surface area contributed by atoms with Crippen LogP contribution in [-0.4, -0.2) is 109 Å². The summed E-state index contributed by atoms with van der Waals surface area (Å²) in [4.78, 5) is 0. The minimum atomic E-state index is -6.01. The first-order valence-corrected chi connectivity index (χ1v) is 26.9. The van der Waals surface area contributed by atoms with Crippen LogP contribution >= 0.6 is 0 Å². The Hall–Kier alpha value is -5.30. The van der Waals surface area contributed by atoms with Gasteiger partial charge in [0.15, 0.2) is 0 Å². The molecule has 454 valence electrons. The Labute approximate surface area is 472 Å². The third-order valence-electron chi connectivity index (χ3n) is 15.5. The maximum atomic E-state index is 13.1. The number of halogens is 12. The highest BCUT2D eigenvalue weighted by atomic mass is 19.4. The summed E-state index contributed by atoms with van der Waals surface area (Å²) >= 11 is 0. The molecule has 20 heteroatoms. The van der Waals surface area contributed by atoms with Crippen LogP contribution in [-0.2, 0) is 29.8 Å². The number of hydrogen-bond donors (Lipinski definition) is 2. The fourth-order valence-corrected chi connectivity index (χ4v) is 9.98. The second-order valence-corrected chi connectivity index (χ2v) is 22.3. The van der Waals surface area contributed by atoms with Crippen LogP contribution < -0.4 is 9.47 Å². The molecule has 0 radical (unpaired) electrons. The summed E-state index contributed by atoms with van der Waals surface area (Å²) in [6.07, 6.45) is -21.0. The zero-order valence-corrected chi connectivity index (χ0v) is 48.2. The highest BCUT2D eigenvalue weighted by Crippen LogP contribution is 2.47. The molecule has 2 atom stereocenters. The Balaban J connectivity index is 0.000000301. The summed E-state index contributed by atoms with van der Waals surface area (Å²) in [5.41, 5.74) is -5.15. The minimum Gasteiger partial charge on any atom is -0.491 e. The lowest BCUT2D eigenvalue weighted by Crippen LogP contribution is -2.55. The molecule has 6 rings (SSSR count). The van der Waals surface area contributed by atoms with Crippen molar-refractivity contribution in [2.75, 3.05) is 39.6 Å². The van der Waals surface area contributed by atoms with Crippen molar-refractivity contribution in [2.24, 2.45) is 0 Å². The molecule has 2 heterocycles. The van der Waals surface area contributed by atoms with Gasteiger partial charge in [0.25, 0.3) is 5.60 Å². The molecule has 2 saturated heterocycles. The van der Waals surface area contributed by atoms with Crippen LogP contribution in [0.25, 0.3) is 6.08 Å². The normalized spacial score (nSPS) is 18.3. The molecule has 0 bridgehead atoms. The smallest absolute Gasteiger partial charge is 0.438 e. The molecular weight excluding hydrogens is 1100 g/mol. The third kappa shape index (κ3) is 15.0. The van der Waals surface area contributed by atoms with Gasteiger partial charge in [-0.2, -0.15) is 52.7 Å². The van der Waals surface area contributed by atoms with Crippen molar-refractivity contribution >= 4 is 6.08 Å². The monoisotopic (exact) mass is 1170 g/mol. The van der Waals surface area contributed by atoms with Crippen LogP contribution in [0.1, 0.15) is 137 Å².